The predicted octanol–water partition coefficient (Wildman–Crippen LogP) is 7.30. The number of nitrogens with zero attached hydrogens (tertiary/aromatic N) is 3. The minimum Gasteiger partial charge on any atom is -0.503 e. The van der Waals surface area contributed by atoms with Gasteiger partial charge in [0.25, 0.3) is 5.91 Å². The van der Waals surface area contributed by atoms with Crippen LogP contribution in [0.3, 0.4) is 0 Å². The van der Waals surface area contributed by atoms with Gasteiger partial charge in [-0.1, -0.05) is 52.4 Å². The molecule has 0 saturated heterocycles. The van der Waals surface area contributed by atoms with Crippen molar-refractivity contribution < 1.29 is 29.0 Å². The first-order valence-electron chi connectivity index (χ1n) is 11.4. The lowest BCUT2D eigenvalue weighted by Crippen LogP contribution is -2.31. The first-order valence-corrected chi connectivity index (χ1v) is 14.8. The van der Waals surface area contributed by atoms with Crippen LogP contribution in [-0.2, 0) is 10.5 Å². The number of phenols is 1. The Morgan fingerprint density at radius 1 is 1.20 bits per heavy atom. The average Bonchev–Trinajstić information content (AvgIpc) is 3.63. The second-order valence-corrected chi connectivity index (χ2v) is 12.4. The lowest BCUT2D eigenvalue weighted by molar-refractivity contribution is -0.117. The monoisotopic (exact) mass is 681 g/mol. The van der Waals surface area contributed by atoms with E-state index >= 15 is 0 Å². The summed E-state index contributed by atoms with van der Waals surface area (Å²) in [5.74, 6) is -1.42. The minimum atomic E-state index is -1.13. The Morgan fingerprint density at radius 3 is 2.65 bits per heavy atom. The second kappa shape index (κ2) is 11.5. The number of aliphatic hydroxyl groups excluding tert-OH is 1. The molecular formula is C26H18BrCl2N3O6S2. The Hall–Kier alpha value is -3.03. The number of rotatable bonds is 8. The van der Waals surface area contributed by atoms with Gasteiger partial charge in [-0.3, -0.25) is 14.5 Å². The molecular weight excluding hydrogens is 665 g/mol. The number of carbonyl (C=O) groups is 2. The number of aliphatic hydroxyl groups is 1. The van der Waals surface area contributed by atoms with Crippen molar-refractivity contribution in [1.82, 2.24) is 10.2 Å². The molecule has 2 aromatic carbocycles. The molecule has 4 aromatic rings. The van der Waals surface area contributed by atoms with Crippen molar-refractivity contribution in [2.45, 2.75) is 23.1 Å². The number of ketones is 1. The number of anilines is 1. The molecule has 206 valence electrons. The van der Waals surface area contributed by atoms with Gasteiger partial charge in [0.05, 0.1) is 23.2 Å². The number of methoxy groups -OCH3 is 1. The van der Waals surface area contributed by atoms with Gasteiger partial charge in [0.2, 0.25) is 10.9 Å². The molecule has 1 atom stereocenters. The Labute approximate surface area is 254 Å². The number of aromatic nitrogens is 2. The van der Waals surface area contributed by atoms with Crippen LogP contribution in [0.2, 0.25) is 10.0 Å². The molecule has 0 aliphatic carbocycles. The third kappa shape index (κ3) is 5.34. The maximum absolute atomic E-state index is 13.6. The van der Waals surface area contributed by atoms with Gasteiger partial charge in [-0.2, -0.15) is 0 Å². The van der Waals surface area contributed by atoms with Crippen LogP contribution in [-0.4, -0.2) is 39.2 Å². The minimum absolute atomic E-state index is 0.0446. The molecule has 40 heavy (non-hydrogen) atoms. The lowest BCUT2D eigenvalue weighted by Gasteiger charge is -2.24. The molecule has 3 heterocycles. The maximum Gasteiger partial charge on any atom is 0.296 e. The Morgan fingerprint density at radius 2 is 1.98 bits per heavy atom. The van der Waals surface area contributed by atoms with Crippen molar-refractivity contribution in [3.05, 3.63) is 91.0 Å². The summed E-state index contributed by atoms with van der Waals surface area (Å²) < 4.78 is 11.6. The summed E-state index contributed by atoms with van der Waals surface area (Å²) in [5.41, 5.74) is 0.990. The highest BCUT2D eigenvalue weighted by Gasteiger charge is 2.47. The number of phenolic OH excluding ortho intramolecular Hbond substituents is 1. The fraction of sp³-hybridized carbons (Fsp3) is 0.154. The molecule has 1 aliphatic rings. The summed E-state index contributed by atoms with van der Waals surface area (Å²) in [5, 5.41) is 30.9. The largest absolute Gasteiger partial charge is 0.503 e. The van der Waals surface area contributed by atoms with Gasteiger partial charge < -0.3 is 19.4 Å². The number of benzene rings is 2. The van der Waals surface area contributed by atoms with Crippen molar-refractivity contribution in [2.24, 2.45) is 0 Å². The van der Waals surface area contributed by atoms with Crippen molar-refractivity contribution in [2.75, 3.05) is 12.0 Å². The highest BCUT2D eigenvalue weighted by Crippen LogP contribution is 2.47. The number of carbonyl (C=O) groups excluding carboxylic acids is 2. The lowest BCUT2D eigenvalue weighted by atomic mass is 9.95. The fourth-order valence-electron chi connectivity index (χ4n) is 4.08. The number of aryl methyl sites for hydroxylation is 1. The summed E-state index contributed by atoms with van der Waals surface area (Å²) in [7, 11) is 1.37. The van der Waals surface area contributed by atoms with Crippen LogP contribution in [0.1, 0.15) is 33.5 Å². The van der Waals surface area contributed by atoms with E-state index in [-0.39, 0.29) is 32.4 Å². The standard InChI is InChI=1S/C26H18BrCl2N3O6S2/c1-11-3-6-17(38-11)22(34)19-20(13-7-15(27)21(33)18(8-13)37-2)32(24(36)23(19)35)25-30-31-26(40-25)39-10-12-4-5-14(28)9-16(12)29/h3-9,20,33,35H,10H2,1-2H3. The van der Waals surface area contributed by atoms with E-state index in [0.717, 1.165) is 16.9 Å². The van der Waals surface area contributed by atoms with E-state index in [1.165, 1.54) is 42.0 Å². The van der Waals surface area contributed by atoms with Crippen molar-refractivity contribution in [3.63, 3.8) is 0 Å². The summed E-state index contributed by atoms with van der Waals surface area (Å²) in [6, 6.07) is 10.1. The zero-order chi connectivity index (χ0) is 28.7. The molecule has 0 radical (unpaired) electrons. The van der Waals surface area contributed by atoms with E-state index in [9.17, 15) is 19.8 Å². The highest BCUT2D eigenvalue weighted by atomic mass is 79.9. The molecule has 0 fully saturated rings. The number of halogens is 3. The number of furan rings is 1. The second-order valence-electron chi connectivity index (χ2n) is 8.51. The molecule has 9 nitrogen and oxygen atoms in total. The number of thioether (sulfide) groups is 1. The number of hydrogen-bond acceptors (Lipinski definition) is 10. The number of Topliss-reactive ketones (excluding diaryl/α,β-unsaturated/α-hetero) is 1. The van der Waals surface area contributed by atoms with Crippen LogP contribution < -0.4 is 9.64 Å². The smallest absolute Gasteiger partial charge is 0.296 e. The van der Waals surface area contributed by atoms with Crippen LogP contribution in [0.4, 0.5) is 5.13 Å². The van der Waals surface area contributed by atoms with E-state index in [0.29, 0.717) is 31.5 Å². The van der Waals surface area contributed by atoms with E-state index in [2.05, 4.69) is 26.1 Å². The van der Waals surface area contributed by atoms with Crippen molar-refractivity contribution in [1.29, 1.82) is 0 Å². The van der Waals surface area contributed by atoms with Gasteiger partial charge in [-0.25, -0.2) is 0 Å². The van der Waals surface area contributed by atoms with Crippen molar-refractivity contribution >= 4 is 79.1 Å². The first-order chi connectivity index (χ1) is 19.1. The molecule has 5 rings (SSSR count). The average molecular weight is 683 g/mol. The Balaban J connectivity index is 1.54. The first kappa shape index (κ1) is 28.5. The SMILES string of the molecule is COc1cc(C2C(C(=O)c3ccc(C)o3)=C(O)C(=O)N2c2nnc(SCc3ccc(Cl)cc3Cl)s2)cc(Br)c1O. The van der Waals surface area contributed by atoms with Crippen LogP contribution in [0, 0.1) is 6.92 Å². The molecule has 1 amide bonds. The quantitative estimate of drug-likeness (QED) is 0.112. The molecule has 0 bridgehead atoms. The third-order valence-electron chi connectivity index (χ3n) is 5.97. The molecule has 0 saturated carbocycles. The van der Waals surface area contributed by atoms with E-state index in [4.69, 9.17) is 32.4 Å². The zero-order valence-electron chi connectivity index (χ0n) is 20.6. The van der Waals surface area contributed by atoms with E-state index < -0.39 is 23.5 Å². The highest BCUT2D eigenvalue weighted by molar-refractivity contribution is 9.10. The molecule has 1 aliphatic heterocycles. The molecule has 2 aromatic heterocycles. The Bertz CT molecular complexity index is 1690. The van der Waals surface area contributed by atoms with Gasteiger partial charge in [-0.05, 0) is 70.4 Å². The number of amides is 1. The summed E-state index contributed by atoms with van der Waals surface area (Å²) in [6.45, 7) is 1.67. The van der Waals surface area contributed by atoms with Gasteiger partial charge in [0, 0.05) is 15.8 Å². The van der Waals surface area contributed by atoms with Gasteiger partial charge in [0.15, 0.2) is 27.4 Å². The van der Waals surface area contributed by atoms with E-state index in [1.807, 2.05) is 6.07 Å². The maximum atomic E-state index is 13.6. The normalized spacial score (nSPS) is 15.3. The zero-order valence-corrected chi connectivity index (χ0v) is 25.4. The molecule has 14 heteroatoms. The van der Waals surface area contributed by atoms with Crippen LogP contribution in [0.15, 0.2) is 67.0 Å². The van der Waals surface area contributed by atoms with Crippen LogP contribution >= 0.6 is 62.2 Å². The number of hydrogen-bond donors (Lipinski definition) is 2. The predicted molar refractivity (Wildman–Crippen MR) is 156 cm³/mol. The summed E-state index contributed by atoms with van der Waals surface area (Å²) in [6.07, 6.45) is 0. The van der Waals surface area contributed by atoms with Crippen LogP contribution in [0.5, 0.6) is 11.5 Å². The number of ether oxygens (including phenoxy) is 1. The van der Waals surface area contributed by atoms with Crippen molar-refractivity contribution in [3.8, 4) is 11.5 Å². The number of aromatic hydroxyl groups is 1. The fourth-order valence-corrected chi connectivity index (χ4v) is 6.97. The molecule has 1 unspecified atom stereocenters. The van der Waals surface area contributed by atoms with Crippen LogP contribution in [0.25, 0.3) is 0 Å². The third-order valence-corrected chi connectivity index (χ3v) is 9.27. The van der Waals surface area contributed by atoms with Gasteiger partial charge in [-0.15, -0.1) is 10.2 Å². The summed E-state index contributed by atoms with van der Waals surface area (Å²) >= 11 is 18.0. The molecule has 0 spiro atoms. The van der Waals surface area contributed by atoms with Gasteiger partial charge >= 0.3 is 0 Å². The topological polar surface area (TPSA) is 126 Å². The summed E-state index contributed by atoms with van der Waals surface area (Å²) in [4.78, 5) is 28.2. The molecule has 2 N–H and O–H groups in total. The van der Waals surface area contributed by atoms with E-state index in [1.54, 1.807) is 25.1 Å². The Kier molecular flexibility index (Phi) is 8.16. The van der Waals surface area contributed by atoms with Gasteiger partial charge in [0.1, 0.15) is 5.76 Å².